The van der Waals surface area contributed by atoms with Crippen LogP contribution in [0.3, 0.4) is 0 Å². The van der Waals surface area contributed by atoms with Crippen LogP contribution >= 0.6 is 0 Å². The van der Waals surface area contributed by atoms with Crippen LogP contribution in [0.2, 0.25) is 0 Å². The van der Waals surface area contributed by atoms with Gasteiger partial charge in [0, 0.05) is 31.4 Å². The van der Waals surface area contributed by atoms with Gasteiger partial charge in [-0.15, -0.1) is 0 Å². The number of aromatic nitrogens is 2. The van der Waals surface area contributed by atoms with E-state index < -0.39 is 0 Å². The van der Waals surface area contributed by atoms with Crippen LogP contribution in [0, 0.1) is 5.82 Å². The monoisotopic (exact) mass is 457 g/mol. The summed E-state index contributed by atoms with van der Waals surface area (Å²) in [5, 5.41) is 6.88. The summed E-state index contributed by atoms with van der Waals surface area (Å²) in [5.74, 6) is 1.51. The van der Waals surface area contributed by atoms with Crippen molar-refractivity contribution in [3.63, 3.8) is 0 Å². The lowest BCUT2D eigenvalue weighted by atomic mass is 10.0. The van der Waals surface area contributed by atoms with Gasteiger partial charge in [-0.1, -0.05) is 35.5 Å². The number of nitrogens with zero attached hydrogens (tertiary/aromatic N) is 2. The Morgan fingerprint density at radius 2 is 1.74 bits per heavy atom. The SMILES string of the molecule is O=C(CCCc1nc(-c2ccc(F)cc2)no1)NCc1ccc(-c2ccc3c(c2)CCO3)cc1. The van der Waals surface area contributed by atoms with Crippen LogP contribution in [-0.2, 0) is 24.2 Å². The summed E-state index contributed by atoms with van der Waals surface area (Å²) in [6.45, 7) is 1.23. The van der Waals surface area contributed by atoms with E-state index >= 15 is 0 Å². The summed E-state index contributed by atoms with van der Waals surface area (Å²) in [4.78, 5) is 16.6. The highest BCUT2D eigenvalue weighted by molar-refractivity contribution is 5.76. The minimum absolute atomic E-state index is 0.0269. The van der Waals surface area contributed by atoms with Gasteiger partial charge in [0.1, 0.15) is 11.6 Å². The predicted octanol–water partition coefficient (Wildman–Crippen LogP) is 5.12. The van der Waals surface area contributed by atoms with Crippen LogP contribution in [0.15, 0.2) is 71.3 Å². The molecular weight excluding hydrogens is 433 g/mol. The normalized spacial score (nSPS) is 12.3. The molecule has 1 aromatic heterocycles. The van der Waals surface area contributed by atoms with E-state index in [2.05, 4.69) is 39.7 Å². The molecule has 172 valence electrons. The smallest absolute Gasteiger partial charge is 0.226 e. The second-order valence-electron chi connectivity index (χ2n) is 8.27. The maximum Gasteiger partial charge on any atom is 0.226 e. The van der Waals surface area contributed by atoms with Gasteiger partial charge in [-0.05, 0) is 65.1 Å². The van der Waals surface area contributed by atoms with E-state index in [1.165, 1.54) is 23.3 Å². The van der Waals surface area contributed by atoms with Crippen LogP contribution in [0.1, 0.15) is 29.9 Å². The van der Waals surface area contributed by atoms with E-state index in [0.717, 1.165) is 29.9 Å². The molecule has 1 N–H and O–H groups in total. The minimum Gasteiger partial charge on any atom is -0.493 e. The van der Waals surface area contributed by atoms with Crippen molar-refractivity contribution in [2.24, 2.45) is 0 Å². The number of nitrogens with one attached hydrogen (secondary N) is 1. The van der Waals surface area contributed by atoms with Crippen molar-refractivity contribution in [3.05, 3.63) is 89.6 Å². The Morgan fingerprint density at radius 1 is 0.971 bits per heavy atom. The number of aryl methyl sites for hydroxylation is 1. The highest BCUT2D eigenvalue weighted by atomic mass is 19.1. The molecule has 2 heterocycles. The van der Waals surface area contributed by atoms with E-state index in [1.54, 1.807) is 12.1 Å². The van der Waals surface area contributed by atoms with E-state index in [1.807, 2.05) is 18.2 Å². The minimum atomic E-state index is -0.316. The van der Waals surface area contributed by atoms with Crippen molar-refractivity contribution >= 4 is 5.91 Å². The lowest BCUT2D eigenvalue weighted by Crippen LogP contribution is -2.22. The first-order valence-corrected chi connectivity index (χ1v) is 11.3. The first-order chi connectivity index (χ1) is 16.6. The standard InChI is InChI=1S/C27H24FN3O3/c28-23-11-8-20(9-12-23)27-30-26(34-31-27)3-1-2-25(32)29-17-18-4-6-19(7-5-18)21-10-13-24-22(16-21)14-15-33-24/h4-13,16H,1-3,14-15,17H2,(H,29,32). The maximum absolute atomic E-state index is 13.0. The summed E-state index contributed by atoms with van der Waals surface area (Å²) in [7, 11) is 0. The lowest BCUT2D eigenvalue weighted by molar-refractivity contribution is -0.121. The Hall–Kier alpha value is -4.00. The largest absolute Gasteiger partial charge is 0.493 e. The zero-order chi connectivity index (χ0) is 23.3. The van der Waals surface area contributed by atoms with E-state index in [4.69, 9.17) is 9.26 Å². The van der Waals surface area contributed by atoms with Gasteiger partial charge in [0.25, 0.3) is 0 Å². The van der Waals surface area contributed by atoms with Crippen molar-refractivity contribution in [2.75, 3.05) is 6.61 Å². The third kappa shape index (κ3) is 5.14. The fourth-order valence-corrected chi connectivity index (χ4v) is 3.94. The molecule has 0 bridgehead atoms. The van der Waals surface area contributed by atoms with Crippen LogP contribution in [0.25, 0.3) is 22.5 Å². The van der Waals surface area contributed by atoms with Gasteiger partial charge in [0.05, 0.1) is 6.61 Å². The first-order valence-electron chi connectivity index (χ1n) is 11.3. The Kier molecular flexibility index (Phi) is 6.33. The molecule has 0 unspecified atom stereocenters. The summed E-state index contributed by atoms with van der Waals surface area (Å²) in [6.07, 6.45) is 2.42. The van der Waals surface area contributed by atoms with Crippen LogP contribution in [-0.4, -0.2) is 22.7 Å². The second-order valence-corrected chi connectivity index (χ2v) is 8.27. The van der Waals surface area contributed by atoms with Gasteiger partial charge in [-0.25, -0.2) is 4.39 Å². The van der Waals surface area contributed by atoms with E-state index in [0.29, 0.717) is 43.1 Å². The molecule has 0 saturated carbocycles. The predicted molar refractivity (Wildman–Crippen MR) is 126 cm³/mol. The molecule has 1 amide bonds. The van der Waals surface area contributed by atoms with Gasteiger partial charge in [0.15, 0.2) is 0 Å². The Bertz CT molecular complexity index is 1280. The lowest BCUT2D eigenvalue weighted by Gasteiger charge is -2.08. The molecule has 34 heavy (non-hydrogen) atoms. The van der Waals surface area contributed by atoms with Crippen LogP contribution in [0.4, 0.5) is 4.39 Å². The van der Waals surface area contributed by atoms with Crippen molar-refractivity contribution in [1.29, 1.82) is 0 Å². The quantitative estimate of drug-likeness (QED) is 0.398. The summed E-state index contributed by atoms with van der Waals surface area (Å²) in [5.41, 5.74) is 5.29. The molecule has 1 aliphatic rings. The maximum atomic E-state index is 13.0. The van der Waals surface area contributed by atoms with Crippen molar-refractivity contribution < 1.29 is 18.4 Å². The van der Waals surface area contributed by atoms with E-state index in [9.17, 15) is 9.18 Å². The number of carbonyl (C=O) groups excluding carboxylic acids is 1. The third-order valence-corrected chi connectivity index (χ3v) is 5.83. The molecule has 1 aliphatic heterocycles. The van der Waals surface area contributed by atoms with Gasteiger partial charge >= 0.3 is 0 Å². The van der Waals surface area contributed by atoms with Crippen molar-refractivity contribution in [3.8, 4) is 28.3 Å². The highest BCUT2D eigenvalue weighted by Crippen LogP contribution is 2.30. The van der Waals surface area contributed by atoms with Crippen molar-refractivity contribution in [2.45, 2.75) is 32.2 Å². The molecule has 0 radical (unpaired) electrons. The summed E-state index contributed by atoms with van der Waals surface area (Å²) >= 11 is 0. The number of hydrogen-bond acceptors (Lipinski definition) is 5. The number of benzene rings is 3. The fraction of sp³-hybridized carbons (Fsp3) is 0.222. The zero-order valence-corrected chi connectivity index (χ0v) is 18.6. The van der Waals surface area contributed by atoms with Gasteiger partial charge in [0.2, 0.25) is 17.6 Å². The van der Waals surface area contributed by atoms with E-state index in [-0.39, 0.29) is 11.7 Å². The Morgan fingerprint density at radius 3 is 2.56 bits per heavy atom. The molecule has 4 aromatic rings. The fourth-order valence-electron chi connectivity index (χ4n) is 3.94. The first kappa shape index (κ1) is 21.8. The molecule has 0 saturated heterocycles. The molecule has 6 nitrogen and oxygen atoms in total. The number of fused-ring (bicyclic) bond motifs is 1. The molecule has 0 fully saturated rings. The van der Waals surface area contributed by atoms with Gasteiger partial charge in [-0.2, -0.15) is 4.98 Å². The van der Waals surface area contributed by atoms with Crippen LogP contribution < -0.4 is 10.1 Å². The molecular formula is C27H24FN3O3. The number of ether oxygens (including phenoxy) is 1. The topological polar surface area (TPSA) is 77.2 Å². The summed E-state index contributed by atoms with van der Waals surface area (Å²) in [6, 6.07) is 20.4. The van der Waals surface area contributed by atoms with Gasteiger partial charge < -0.3 is 14.6 Å². The number of carbonyl (C=O) groups is 1. The number of amides is 1. The molecule has 0 aliphatic carbocycles. The Labute approximate surface area is 196 Å². The average molecular weight is 458 g/mol. The molecule has 5 rings (SSSR count). The number of halogens is 1. The Balaban J connectivity index is 1.07. The third-order valence-electron chi connectivity index (χ3n) is 5.83. The highest BCUT2D eigenvalue weighted by Gasteiger charge is 2.13. The number of hydrogen-bond donors (Lipinski definition) is 1. The molecule has 3 aromatic carbocycles. The van der Waals surface area contributed by atoms with Gasteiger partial charge in [-0.3, -0.25) is 4.79 Å². The van der Waals surface area contributed by atoms with Crippen molar-refractivity contribution in [1.82, 2.24) is 15.5 Å². The second kappa shape index (κ2) is 9.87. The number of rotatable bonds is 8. The average Bonchev–Trinajstić information content (AvgIpc) is 3.53. The van der Waals surface area contributed by atoms with Crippen LogP contribution in [0.5, 0.6) is 5.75 Å². The summed E-state index contributed by atoms with van der Waals surface area (Å²) < 4.78 is 23.9. The molecule has 0 spiro atoms. The molecule has 0 atom stereocenters. The zero-order valence-electron chi connectivity index (χ0n) is 18.6. The molecule has 7 heteroatoms.